The number of amides is 1. The van der Waals surface area contributed by atoms with Crippen LogP contribution in [0.25, 0.3) is 0 Å². The average molecular weight is 819 g/mol. The van der Waals surface area contributed by atoms with E-state index >= 15 is 0 Å². The zero-order valence-corrected chi connectivity index (χ0v) is 39.6. The molecule has 3 heterocycles. The number of nitrogens with one attached hydrogen (secondary N) is 1. The van der Waals surface area contributed by atoms with Crippen LogP contribution >= 0.6 is 0 Å². The summed E-state index contributed by atoms with van der Waals surface area (Å²) in [6.45, 7) is 29.5. The summed E-state index contributed by atoms with van der Waals surface area (Å²) in [5.41, 5.74) is 0.975. The lowest BCUT2D eigenvalue weighted by Crippen LogP contribution is -2.47. The van der Waals surface area contributed by atoms with Gasteiger partial charge in [0.15, 0.2) is 16.6 Å². The first-order valence-electron chi connectivity index (χ1n) is 22.6. The molecule has 1 N–H and O–H groups in total. The molecule has 56 heavy (non-hydrogen) atoms. The SMILES string of the molecule is CC[C@H](O[Si](CC)(CC)CC)[C@@H](C)[C@H]1O[C@@H]1C[C@H](C)/C=C/C=C(\C)[C@H]1OC(=O)C[C@H](O[Si](CC)(CC)CC)CC[C@H](C)[C@@H](OC(=O)N2CCNCC2)/C=C/[C@@H]1C. The molecule has 0 aromatic carbocycles. The van der Waals surface area contributed by atoms with Crippen molar-refractivity contribution in [1.29, 1.82) is 0 Å². The van der Waals surface area contributed by atoms with Crippen LogP contribution < -0.4 is 5.32 Å². The van der Waals surface area contributed by atoms with Gasteiger partial charge in [-0.05, 0) is 92.4 Å². The highest BCUT2D eigenvalue weighted by atomic mass is 28.4. The van der Waals surface area contributed by atoms with E-state index in [0.29, 0.717) is 31.3 Å². The van der Waals surface area contributed by atoms with Crippen molar-refractivity contribution in [1.82, 2.24) is 10.2 Å². The molecule has 11 heteroatoms. The predicted octanol–water partition coefficient (Wildman–Crippen LogP) is 10.4. The first-order valence-corrected chi connectivity index (χ1v) is 27.7. The zero-order valence-electron chi connectivity index (χ0n) is 37.6. The normalized spacial score (nSPS) is 29.5. The van der Waals surface area contributed by atoms with E-state index in [1.807, 2.05) is 13.0 Å². The maximum atomic E-state index is 13.7. The Bertz CT molecular complexity index is 1260. The highest BCUT2D eigenvalue weighted by molar-refractivity contribution is 6.74. The van der Waals surface area contributed by atoms with Gasteiger partial charge < -0.3 is 33.3 Å². The lowest BCUT2D eigenvalue weighted by atomic mass is 9.92. The third-order valence-electron chi connectivity index (χ3n) is 13.5. The fourth-order valence-electron chi connectivity index (χ4n) is 8.77. The number of carbonyl (C=O) groups excluding carboxylic acids is 2. The van der Waals surface area contributed by atoms with Crippen molar-refractivity contribution >= 4 is 28.7 Å². The Balaban J connectivity index is 1.76. The molecule has 0 aromatic heterocycles. The highest BCUT2D eigenvalue weighted by Crippen LogP contribution is 2.39. The van der Waals surface area contributed by atoms with Crippen LogP contribution in [0.1, 0.15) is 115 Å². The number of hydrogen-bond acceptors (Lipinski definition) is 8. The average Bonchev–Trinajstić information content (AvgIpc) is 3.98. The van der Waals surface area contributed by atoms with Crippen molar-refractivity contribution in [2.45, 2.75) is 188 Å². The molecule has 0 unspecified atom stereocenters. The number of cyclic esters (lactones) is 1. The molecule has 0 aliphatic carbocycles. The van der Waals surface area contributed by atoms with E-state index in [-0.39, 0.29) is 54.7 Å². The standard InChI is InChI=1S/C45H82N2O7Si2/c1-13-39(54-56(17-5,18-6)19-7)37(12)44-41(50-44)31-33(8)21-20-22-35(10)43-36(11)24-26-40(51-45(49)47-29-27-46-28-30-47)34(9)23-25-38(32-42(48)52-43)53-55(14-2,15-3)16-4/h20-22,24,26,33-34,36-41,43-44,46H,13-19,23,25,27-32H2,1-12H3/b21-20+,26-24+,35-22+/t33-,34+,36+,37-,38-,39+,40+,41-,43-,44-/m1/s1. The van der Waals surface area contributed by atoms with Crippen LogP contribution in [0, 0.1) is 23.7 Å². The Morgan fingerprint density at radius 3 is 2.16 bits per heavy atom. The van der Waals surface area contributed by atoms with Crippen LogP contribution in [0.3, 0.4) is 0 Å². The summed E-state index contributed by atoms with van der Waals surface area (Å²) < 4.78 is 32.7. The van der Waals surface area contributed by atoms with Crippen LogP contribution in [0.2, 0.25) is 36.3 Å². The minimum absolute atomic E-state index is 0.0603. The number of allylic oxidation sites excluding steroid dienone is 3. The first kappa shape index (κ1) is 48.6. The van der Waals surface area contributed by atoms with Crippen molar-refractivity contribution in [2.24, 2.45) is 23.7 Å². The molecule has 3 aliphatic heterocycles. The summed E-state index contributed by atoms with van der Waals surface area (Å²) in [7, 11) is -3.67. The highest BCUT2D eigenvalue weighted by Gasteiger charge is 2.47. The fraction of sp³-hybridized carbons (Fsp3) is 0.822. The number of hydrogen-bond donors (Lipinski definition) is 1. The van der Waals surface area contributed by atoms with Crippen LogP contribution in [0.15, 0.2) is 36.0 Å². The molecule has 0 aromatic rings. The summed E-state index contributed by atoms with van der Waals surface area (Å²) in [4.78, 5) is 28.8. The molecule has 9 nitrogen and oxygen atoms in total. The van der Waals surface area contributed by atoms with Gasteiger partial charge in [-0.2, -0.15) is 0 Å². The fourth-order valence-corrected chi connectivity index (χ4v) is 14.7. The van der Waals surface area contributed by atoms with Gasteiger partial charge in [-0.3, -0.25) is 4.79 Å². The molecule has 0 saturated carbocycles. The first-order chi connectivity index (χ1) is 26.7. The Morgan fingerprint density at radius 2 is 1.57 bits per heavy atom. The summed E-state index contributed by atoms with van der Waals surface area (Å²) in [5, 5.41) is 3.31. The molecule has 3 aliphatic rings. The van der Waals surface area contributed by atoms with Crippen molar-refractivity contribution in [3.8, 4) is 0 Å². The zero-order chi connectivity index (χ0) is 41.5. The van der Waals surface area contributed by atoms with Gasteiger partial charge in [0.25, 0.3) is 0 Å². The van der Waals surface area contributed by atoms with Crippen LogP contribution in [0.4, 0.5) is 4.79 Å². The van der Waals surface area contributed by atoms with E-state index < -0.39 is 28.8 Å². The van der Waals surface area contributed by atoms with Crippen molar-refractivity contribution in [3.63, 3.8) is 0 Å². The van der Waals surface area contributed by atoms with Crippen LogP contribution in [0.5, 0.6) is 0 Å². The van der Waals surface area contributed by atoms with Gasteiger partial charge in [-0.25, -0.2) is 4.79 Å². The Kier molecular flexibility index (Phi) is 20.6. The maximum absolute atomic E-state index is 13.7. The molecule has 0 bridgehead atoms. The third kappa shape index (κ3) is 14.2. The van der Waals surface area contributed by atoms with Gasteiger partial charge in [0.1, 0.15) is 12.2 Å². The summed E-state index contributed by atoms with van der Waals surface area (Å²) in [5.74, 6) is 0.426. The number of esters is 1. The van der Waals surface area contributed by atoms with Gasteiger partial charge in [0.05, 0.1) is 24.7 Å². The largest absolute Gasteiger partial charge is 0.457 e. The van der Waals surface area contributed by atoms with E-state index in [9.17, 15) is 9.59 Å². The molecule has 322 valence electrons. The van der Waals surface area contributed by atoms with Crippen LogP contribution in [-0.2, 0) is 27.9 Å². The summed E-state index contributed by atoms with van der Waals surface area (Å²) in [6.07, 6.45) is 13.7. The van der Waals surface area contributed by atoms with Gasteiger partial charge in [0.2, 0.25) is 0 Å². The predicted molar refractivity (Wildman–Crippen MR) is 235 cm³/mol. The van der Waals surface area contributed by atoms with Crippen molar-refractivity contribution < 1.29 is 32.7 Å². The minimum Gasteiger partial charge on any atom is -0.457 e. The third-order valence-corrected chi connectivity index (χ3v) is 22.9. The number of ether oxygens (including phenoxy) is 3. The summed E-state index contributed by atoms with van der Waals surface area (Å²) in [6, 6.07) is 6.55. The quantitative estimate of drug-likeness (QED) is 0.0452. The molecular weight excluding hydrogens is 737 g/mol. The second-order valence-electron chi connectivity index (χ2n) is 17.3. The number of rotatable bonds is 19. The molecule has 3 rings (SSSR count). The topological polar surface area (TPSA) is 98.9 Å². The van der Waals surface area contributed by atoms with E-state index in [1.165, 1.54) is 18.1 Å². The monoisotopic (exact) mass is 819 g/mol. The molecule has 2 saturated heterocycles. The number of piperazine rings is 1. The van der Waals surface area contributed by atoms with E-state index in [4.69, 9.17) is 23.1 Å². The Labute approximate surface area is 344 Å². The Hall–Kier alpha value is -1.77. The van der Waals surface area contributed by atoms with Crippen molar-refractivity contribution in [3.05, 3.63) is 36.0 Å². The van der Waals surface area contributed by atoms with Crippen molar-refractivity contribution in [2.75, 3.05) is 26.2 Å². The Morgan fingerprint density at radius 1 is 0.946 bits per heavy atom. The van der Waals surface area contributed by atoms with Crippen LogP contribution in [-0.4, -0.2) is 96.4 Å². The van der Waals surface area contributed by atoms with E-state index in [0.717, 1.165) is 56.1 Å². The van der Waals surface area contributed by atoms with E-state index in [2.05, 4.69) is 106 Å². The molecule has 2 fully saturated rings. The van der Waals surface area contributed by atoms with Gasteiger partial charge in [0, 0.05) is 44.1 Å². The molecule has 0 radical (unpaired) electrons. The molecule has 0 spiro atoms. The van der Waals surface area contributed by atoms with E-state index in [1.54, 1.807) is 4.90 Å². The van der Waals surface area contributed by atoms with Gasteiger partial charge >= 0.3 is 12.1 Å². The van der Waals surface area contributed by atoms with Gasteiger partial charge in [-0.1, -0.05) is 100 Å². The molecule has 10 atom stereocenters. The maximum Gasteiger partial charge on any atom is 0.410 e. The molecular formula is C45H82N2O7Si2. The summed E-state index contributed by atoms with van der Waals surface area (Å²) >= 11 is 0. The second kappa shape index (κ2) is 23.7. The molecule has 1 amide bonds. The van der Waals surface area contributed by atoms with Gasteiger partial charge in [-0.15, -0.1) is 0 Å². The minimum atomic E-state index is -1.99. The number of carbonyl (C=O) groups is 2. The number of epoxide rings is 1. The second-order valence-corrected chi connectivity index (χ2v) is 26.7. The lowest BCUT2D eigenvalue weighted by molar-refractivity contribution is -0.150. The lowest BCUT2D eigenvalue weighted by Gasteiger charge is -2.35. The smallest absolute Gasteiger partial charge is 0.410 e. The number of nitrogens with zero attached hydrogens (tertiary/aromatic N) is 1.